The zero-order chi connectivity index (χ0) is 32.1. The molecule has 0 amide bonds. The van der Waals surface area contributed by atoms with E-state index in [1.165, 1.54) is 54.6 Å². The summed E-state index contributed by atoms with van der Waals surface area (Å²) in [6.07, 6.45) is -3.65. The molecular formula is C30H25F3N2O8S. The highest BCUT2D eigenvalue weighted by Crippen LogP contribution is 2.27. The van der Waals surface area contributed by atoms with Gasteiger partial charge in [-0.15, -0.1) is 19.1 Å². The van der Waals surface area contributed by atoms with Gasteiger partial charge in [-0.2, -0.15) is 4.72 Å². The maximum atomic E-state index is 13.1. The van der Waals surface area contributed by atoms with Gasteiger partial charge in [-0.1, -0.05) is 18.1 Å². The van der Waals surface area contributed by atoms with E-state index in [2.05, 4.69) is 21.3 Å². The van der Waals surface area contributed by atoms with Crippen LogP contribution < -0.4 is 14.2 Å². The zero-order valence-electron chi connectivity index (χ0n) is 23.0. The summed E-state index contributed by atoms with van der Waals surface area (Å²) in [4.78, 5) is 23.7. The van der Waals surface area contributed by atoms with Crippen LogP contribution in [0.1, 0.15) is 28.4 Å². The van der Waals surface area contributed by atoms with Gasteiger partial charge in [0.2, 0.25) is 10.0 Å². The number of rotatable bonds is 12. The van der Waals surface area contributed by atoms with Gasteiger partial charge < -0.3 is 24.3 Å². The predicted octanol–water partition coefficient (Wildman–Crippen LogP) is 4.66. The normalized spacial score (nSPS) is 12.3. The Balaban J connectivity index is 1.62. The van der Waals surface area contributed by atoms with Crippen molar-refractivity contribution in [3.63, 3.8) is 0 Å². The number of hydrogen-bond acceptors (Lipinski definition) is 6. The minimum Gasteiger partial charge on any atom is -0.481 e. The molecule has 0 aliphatic rings. The smallest absolute Gasteiger partial charge is 0.481 e. The average Bonchev–Trinajstić information content (AvgIpc) is 3.29. The number of aromatic nitrogens is 1. The minimum atomic E-state index is -4.85. The molecule has 1 atom stereocenters. The van der Waals surface area contributed by atoms with E-state index >= 15 is 0 Å². The van der Waals surface area contributed by atoms with Crippen LogP contribution in [0, 0.1) is 11.8 Å². The van der Waals surface area contributed by atoms with E-state index in [-0.39, 0.29) is 30.0 Å². The Morgan fingerprint density at radius 3 is 2.25 bits per heavy atom. The Hall–Kier alpha value is -5.00. The summed E-state index contributed by atoms with van der Waals surface area (Å²) in [6, 6.07) is 13.0. The van der Waals surface area contributed by atoms with Crippen molar-refractivity contribution in [2.24, 2.45) is 0 Å². The molecule has 10 nitrogen and oxygen atoms in total. The summed E-state index contributed by atoms with van der Waals surface area (Å²) in [5.74, 6) is 2.63. The molecule has 0 saturated carbocycles. The zero-order valence-corrected chi connectivity index (χ0v) is 23.8. The third kappa shape index (κ3) is 8.09. The van der Waals surface area contributed by atoms with Gasteiger partial charge in [-0.3, -0.25) is 4.79 Å². The first-order chi connectivity index (χ1) is 20.8. The molecule has 0 radical (unpaired) electrons. The quantitative estimate of drug-likeness (QED) is 0.192. The number of benzene rings is 3. The molecular weight excluding hydrogens is 605 g/mol. The number of fused-ring (bicyclic) bond motifs is 1. The van der Waals surface area contributed by atoms with Crippen molar-refractivity contribution in [3.05, 3.63) is 89.6 Å². The van der Waals surface area contributed by atoms with Crippen LogP contribution in [0.2, 0.25) is 0 Å². The van der Waals surface area contributed by atoms with E-state index in [9.17, 15) is 41.4 Å². The van der Waals surface area contributed by atoms with E-state index in [1.807, 2.05) is 0 Å². The number of alkyl halides is 3. The van der Waals surface area contributed by atoms with Crippen LogP contribution in [0.15, 0.2) is 77.8 Å². The second-order valence-electron chi connectivity index (χ2n) is 9.41. The van der Waals surface area contributed by atoms with Crippen molar-refractivity contribution in [1.29, 1.82) is 0 Å². The molecule has 14 heteroatoms. The van der Waals surface area contributed by atoms with Crippen molar-refractivity contribution in [2.75, 3.05) is 6.61 Å². The molecule has 0 spiro atoms. The Bertz CT molecular complexity index is 1840. The van der Waals surface area contributed by atoms with E-state index in [0.29, 0.717) is 27.8 Å². The van der Waals surface area contributed by atoms with E-state index in [4.69, 9.17) is 4.74 Å². The largest absolute Gasteiger partial charge is 0.573 e. The number of sulfonamides is 1. The maximum Gasteiger partial charge on any atom is 0.573 e. The van der Waals surface area contributed by atoms with Gasteiger partial charge in [-0.25, -0.2) is 13.2 Å². The molecule has 44 heavy (non-hydrogen) atoms. The molecule has 0 saturated heterocycles. The lowest BCUT2D eigenvalue weighted by Gasteiger charge is -2.15. The van der Waals surface area contributed by atoms with Crippen LogP contribution in [0.3, 0.4) is 0 Å². The summed E-state index contributed by atoms with van der Waals surface area (Å²) < 4.78 is 76.8. The number of carbonyl (C=O) groups is 2. The van der Waals surface area contributed by atoms with Gasteiger partial charge in [0.1, 0.15) is 24.1 Å². The summed E-state index contributed by atoms with van der Waals surface area (Å²) in [5.41, 5.74) is 1.31. The summed E-state index contributed by atoms with van der Waals surface area (Å²) in [7, 11) is -4.31. The van der Waals surface area contributed by atoms with Gasteiger partial charge in [0.05, 0.1) is 10.5 Å². The number of aliphatic carboxylic acids is 1. The molecule has 1 heterocycles. The highest BCUT2D eigenvalue weighted by Gasteiger charge is 2.31. The van der Waals surface area contributed by atoms with E-state index in [1.54, 1.807) is 17.7 Å². The second kappa shape index (κ2) is 13.1. The molecule has 0 fully saturated rings. The standard InChI is InChI=1S/C30H25F3N2O8S/c1-2-3-14-42-22-9-11-24(12-10-22)44(40,41)34-26(29(38)39)16-21-18-35(27-13-6-20(28(36)37)15-25(21)27)17-19-4-7-23(8-5-19)43-30(31,32)33/h4-13,15,18,26,34H,14,16-17H2,1H3,(H,36,37)(H,38,39)/t26-/m0/s1. The first-order valence-corrected chi connectivity index (χ1v) is 14.3. The average molecular weight is 631 g/mol. The Morgan fingerprint density at radius 1 is 1.00 bits per heavy atom. The van der Waals surface area contributed by atoms with Crippen molar-refractivity contribution in [3.8, 4) is 23.3 Å². The Kier molecular flexibility index (Phi) is 9.51. The monoisotopic (exact) mass is 630 g/mol. The first kappa shape index (κ1) is 31.9. The lowest BCUT2D eigenvalue weighted by Crippen LogP contribution is -2.42. The number of aromatic carboxylic acids is 1. The van der Waals surface area contributed by atoms with Crippen molar-refractivity contribution in [2.45, 2.75) is 37.2 Å². The lowest BCUT2D eigenvalue weighted by atomic mass is 10.0. The number of ether oxygens (including phenoxy) is 2. The van der Waals surface area contributed by atoms with Gasteiger partial charge >= 0.3 is 18.3 Å². The molecule has 4 aromatic rings. The first-order valence-electron chi connectivity index (χ1n) is 12.8. The van der Waals surface area contributed by atoms with Crippen molar-refractivity contribution < 1.29 is 50.9 Å². The lowest BCUT2D eigenvalue weighted by molar-refractivity contribution is -0.274. The SMILES string of the molecule is CC#CCOc1ccc(S(=O)(=O)N[C@@H](Cc2cn(Cc3ccc(OC(F)(F)F)cc3)c3ccc(C(=O)O)cc23)C(=O)O)cc1. The molecule has 0 aliphatic heterocycles. The fraction of sp³-hybridized carbons (Fsp3) is 0.200. The molecule has 4 rings (SSSR count). The Labute approximate surface area is 249 Å². The van der Waals surface area contributed by atoms with Crippen LogP contribution in [-0.4, -0.2) is 54.1 Å². The molecule has 1 aromatic heterocycles. The maximum absolute atomic E-state index is 13.1. The fourth-order valence-corrected chi connectivity index (χ4v) is 5.54. The van der Waals surface area contributed by atoms with Crippen LogP contribution in [-0.2, 0) is 27.8 Å². The topological polar surface area (TPSA) is 144 Å². The highest BCUT2D eigenvalue weighted by molar-refractivity contribution is 7.89. The molecule has 230 valence electrons. The number of nitrogens with one attached hydrogen (secondary N) is 1. The second-order valence-corrected chi connectivity index (χ2v) is 11.1. The van der Waals surface area contributed by atoms with Crippen LogP contribution in [0.25, 0.3) is 10.9 Å². The summed E-state index contributed by atoms with van der Waals surface area (Å²) in [5, 5.41) is 19.8. The minimum absolute atomic E-state index is 0.0789. The predicted molar refractivity (Wildman–Crippen MR) is 152 cm³/mol. The molecule has 0 unspecified atom stereocenters. The third-order valence-corrected chi connectivity index (χ3v) is 7.85. The summed E-state index contributed by atoms with van der Waals surface area (Å²) >= 11 is 0. The fourth-order valence-electron chi connectivity index (χ4n) is 4.35. The molecule has 3 N–H and O–H groups in total. The molecule has 3 aromatic carbocycles. The molecule has 0 bridgehead atoms. The van der Waals surface area contributed by atoms with Gasteiger partial charge in [0.25, 0.3) is 0 Å². The van der Waals surface area contributed by atoms with Crippen molar-refractivity contribution in [1.82, 2.24) is 9.29 Å². The van der Waals surface area contributed by atoms with Crippen LogP contribution in [0.4, 0.5) is 13.2 Å². The Morgan fingerprint density at radius 2 is 1.66 bits per heavy atom. The molecule has 0 aliphatic carbocycles. The van der Waals surface area contributed by atoms with E-state index < -0.39 is 40.1 Å². The van der Waals surface area contributed by atoms with Gasteiger partial charge in [-0.05, 0) is 72.6 Å². The van der Waals surface area contributed by atoms with E-state index in [0.717, 1.165) is 12.1 Å². The summed E-state index contributed by atoms with van der Waals surface area (Å²) in [6.45, 7) is 1.87. The van der Waals surface area contributed by atoms with Gasteiger partial charge in [0.15, 0.2) is 0 Å². The van der Waals surface area contributed by atoms with Gasteiger partial charge in [0, 0.05) is 30.1 Å². The van der Waals surface area contributed by atoms with Crippen molar-refractivity contribution >= 4 is 32.9 Å². The highest BCUT2D eigenvalue weighted by atomic mass is 32.2. The van der Waals surface area contributed by atoms with Crippen LogP contribution >= 0.6 is 0 Å². The van der Waals surface area contributed by atoms with Crippen LogP contribution in [0.5, 0.6) is 11.5 Å². The number of carboxylic acid groups (broad SMARTS) is 2. The number of nitrogens with zero attached hydrogens (tertiary/aromatic N) is 1. The number of halogens is 3. The number of carboxylic acids is 2. The number of hydrogen-bond donors (Lipinski definition) is 3. The third-order valence-electron chi connectivity index (χ3n) is 6.36.